The Kier molecular flexibility index (Phi) is 15.7. The van der Waals surface area contributed by atoms with Crippen LogP contribution >= 0.6 is 0 Å². The van der Waals surface area contributed by atoms with Crippen LogP contribution in [0.25, 0.3) is 0 Å². The highest BCUT2D eigenvalue weighted by molar-refractivity contribution is 6.20. The van der Waals surface area contributed by atoms with E-state index in [0.29, 0.717) is 17.5 Å². The Morgan fingerprint density at radius 1 is 0.528 bits per heavy atom. The van der Waals surface area contributed by atoms with Crippen LogP contribution in [0.4, 0.5) is 0 Å². The minimum atomic E-state index is -0.665. The van der Waals surface area contributed by atoms with Gasteiger partial charge < -0.3 is 0 Å². The van der Waals surface area contributed by atoms with Gasteiger partial charge in [-0.2, -0.15) is 0 Å². The lowest BCUT2D eigenvalue weighted by molar-refractivity contribution is 0.0242. The molecule has 0 heterocycles. The maximum absolute atomic E-state index is 14.2. The van der Waals surface area contributed by atoms with Crippen LogP contribution in [0.15, 0.2) is 118 Å². The van der Waals surface area contributed by atoms with Gasteiger partial charge in [0, 0.05) is 11.1 Å². The number of ketones is 2. The van der Waals surface area contributed by atoms with Gasteiger partial charge in [-0.15, -0.1) is 0 Å². The molecule has 2 bridgehead atoms. The average molecular weight is 715 g/mol. The van der Waals surface area contributed by atoms with Crippen molar-refractivity contribution in [1.29, 1.82) is 0 Å². The molecule has 0 N–H and O–H groups in total. The van der Waals surface area contributed by atoms with Crippen molar-refractivity contribution in [2.45, 2.75) is 152 Å². The van der Waals surface area contributed by atoms with Crippen molar-refractivity contribution in [1.82, 2.24) is 0 Å². The molecule has 1 aromatic rings. The fraction of sp³-hybridized carbons (Fsp3) is 0.529. The largest absolute Gasteiger partial charge is 0.293 e. The Morgan fingerprint density at radius 3 is 1.30 bits per heavy atom. The van der Waals surface area contributed by atoms with Crippen LogP contribution in [-0.2, 0) is 0 Å². The third-order valence-corrected chi connectivity index (χ3v) is 12.7. The molecule has 2 nitrogen and oxygen atoms in total. The van der Waals surface area contributed by atoms with E-state index in [1.165, 1.54) is 51.9 Å². The van der Waals surface area contributed by atoms with E-state index in [1.807, 2.05) is 24.3 Å². The van der Waals surface area contributed by atoms with Crippen LogP contribution in [0.2, 0.25) is 0 Å². The van der Waals surface area contributed by atoms with E-state index < -0.39 is 10.8 Å². The second-order valence-electron chi connectivity index (χ2n) is 17.2. The monoisotopic (exact) mass is 715 g/mol. The van der Waals surface area contributed by atoms with Gasteiger partial charge in [0.1, 0.15) is 0 Å². The zero-order valence-corrected chi connectivity index (χ0v) is 34.9. The van der Waals surface area contributed by atoms with Gasteiger partial charge in [0.25, 0.3) is 0 Å². The van der Waals surface area contributed by atoms with Crippen molar-refractivity contribution in [3.63, 3.8) is 0 Å². The van der Waals surface area contributed by atoms with Crippen molar-refractivity contribution in [3.8, 4) is 0 Å². The number of carbonyl (C=O) groups excluding carboxylic acids is 2. The fourth-order valence-electron chi connectivity index (χ4n) is 9.11. The molecule has 286 valence electrons. The van der Waals surface area contributed by atoms with Gasteiger partial charge in [0.05, 0.1) is 10.8 Å². The summed E-state index contributed by atoms with van der Waals surface area (Å²) in [6.45, 7) is 20.0. The molecule has 4 atom stereocenters. The first kappa shape index (κ1) is 42.2. The predicted octanol–water partition coefficient (Wildman–Crippen LogP) is 15.0. The molecule has 0 amide bonds. The first-order valence-corrected chi connectivity index (χ1v) is 20.7. The van der Waals surface area contributed by atoms with Gasteiger partial charge in [-0.3, -0.25) is 9.59 Å². The number of hydrogen-bond donors (Lipinski definition) is 0. The predicted molar refractivity (Wildman–Crippen MR) is 228 cm³/mol. The first-order valence-electron chi connectivity index (χ1n) is 20.7. The molecular formula is C51H70O2. The van der Waals surface area contributed by atoms with Crippen LogP contribution in [-0.4, -0.2) is 11.6 Å². The van der Waals surface area contributed by atoms with E-state index in [1.54, 1.807) is 0 Å². The molecule has 0 aromatic heterocycles. The molecule has 0 aliphatic heterocycles. The lowest BCUT2D eigenvalue weighted by atomic mass is 9.49. The van der Waals surface area contributed by atoms with Crippen LogP contribution in [0.3, 0.4) is 0 Å². The molecule has 2 heteroatoms. The Balaban J connectivity index is 1.15. The lowest BCUT2D eigenvalue weighted by Crippen LogP contribution is -2.56. The average Bonchev–Trinajstić information content (AvgIpc) is 3.70. The third-order valence-electron chi connectivity index (χ3n) is 12.7. The summed E-state index contributed by atoms with van der Waals surface area (Å²) in [6, 6.07) is 7.50. The summed E-state index contributed by atoms with van der Waals surface area (Å²) in [6.07, 6.45) is 36.1. The van der Waals surface area contributed by atoms with Gasteiger partial charge >= 0.3 is 0 Å². The summed E-state index contributed by atoms with van der Waals surface area (Å²) in [7, 11) is 0. The number of hydrogen-bond acceptors (Lipinski definition) is 2. The van der Waals surface area contributed by atoms with Gasteiger partial charge in [-0.1, -0.05) is 125 Å². The summed E-state index contributed by atoms with van der Waals surface area (Å²) >= 11 is 0. The number of carbonyl (C=O) groups is 2. The van der Waals surface area contributed by atoms with Crippen molar-refractivity contribution in [2.24, 2.45) is 22.7 Å². The molecule has 4 rings (SSSR count). The molecule has 4 unspecified atom stereocenters. The second kappa shape index (κ2) is 19.7. The molecule has 3 aliphatic carbocycles. The molecule has 0 radical (unpaired) electrons. The van der Waals surface area contributed by atoms with Crippen molar-refractivity contribution in [2.75, 3.05) is 0 Å². The van der Waals surface area contributed by atoms with Crippen LogP contribution in [0.1, 0.15) is 173 Å². The molecule has 53 heavy (non-hydrogen) atoms. The molecule has 1 saturated carbocycles. The lowest BCUT2D eigenvalue weighted by Gasteiger charge is -2.50. The maximum atomic E-state index is 14.2. The topological polar surface area (TPSA) is 34.1 Å². The van der Waals surface area contributed by atoms with E-state index in [9.17, 15) is 9.59 Å². The van der Waals surface area contributed by atoms with Gasteiger partial charge in [-0.05, 0) is 157 Å². The summed E-state index contributed by atoms with van der Waals surface area (Å²) in [4.78, 5) is 28.2. The van der Waals surface area contributed by atoms with Crippen LogP contribution in [0, 0.1) is 22.7 Å². The Bertz CT molecular complexity index is 1710. The van der Waals surface area contributed by atoms with E-state index in [0.717, 1.165) is 70.6 Å². The van der Waals surface area contributed by atoms with Gasteiger partial charge in [0.2, 0.25) is 0 Å². The van der Waals surface area contributed by atoms with Crippen molar-refractivity contribution in [3.05, 3.63) is 129 Å². The minimum Gasteiger partial charge on any atom is -0.293 e. The Hall–Kier alpha value is -3.52. The standard InChI is InChI=1S/C51H70O2/c1-37(2)18-12-19-38(3)20-13-21-39(4)22-14-23-40(5)24-15-25-41(6)26-16-27-42(7)28-17-29-43(8)34-35-51-45-33-32-44(36-45)50(51,9)48(52)46-30-10-11-31-47(46)49(51)53/h10-11,18,20,22,24,26,28,30-34,44-45H,12-17,19,21,23,25,27,29,35-36H2,1-9H3/b38-20+,39-22+,40-24+,41-26+,42-28+,43-34+. The smallest absolute Gasteiger partial charge is 0.171 e. The summed E-state index contributed by atoms with van der Waals surface area (Å²) in [5.74, 6) is 0.620. The highest BCUT2D eigenvalue weighted by atomic mass is 16.1. The number of rotatable bonds is 20. The number of fused-ring (bicyclic) bond motifs is 6. The van der Waals surface area contributed by atoms with E-state index in [4.69, 9.17) is 0 Å². The molecule has 0 saturated heterocycles. The zero-order chi connectivity index (χ0) is 38.6. The van der Waals surface area contributed by atoms with Gasteiger partial charge in [-0.25, -0.2) is 0 Å². The second-order valence-corrected chi connectivity index (χ2v) is 17.2. The number of allylic oxidation sites excluding steroid dienone is 16. The Labute approximate surface area is 324 Å². The highest BCUT2D eigenvalue weighted by Gasteiger charge is 2.71. The summed E-state index contributed by atoms with van der Waals surface area (Å²) < 4.78 is 0. The normalized spacial score (nSPS) is 24.9. The van der Waals surface area contributed by atoms with Crippen molar-refractivity contribution < 1.29 is 9.59 Å². The molecule has 1 fully saturated rings. The fourth-order valence-corrected chi connectivity index (χ4v) is 9.11. The Morgan fingerprint density at radius 2 is 0.887 bits per heavy atom. The molecule has 0 spiro atoms. The molecular weight excluding hydrogens is 645 g/mol. The summed E-state index contributed by atoms with van der Waals surface area (Å²) in [5, 5.41) is 0. The molecule has 1 aromatic carbocycles. The van der Waals surface area contributed by atoms with Crippen LogP contribution < -0.4 is 0 Å². The first-order chi connectivity index (χ1) is 25.3. The van der Waals surface area contributed by atoms with E-state index in [2.05, 4.69) is 117 Å². The third kappa shape index (κ3) is 10.6. The van der Waals surface area contributed by atoms with Crippen LogP contribution in [0.5, 0.6) is 0 Å². The van der Waals surface area contributed by atoms with Gasteiger partial charge in [0.15, 0.2) is 11.6 Å². The quantitative estimate of drug-likeness (QED) is 0.126. The highest BCUT2D eigenvalue weighted by Crippen LogP contribution is 2.69. The number of Topliss-reactive ketones (excluding diaryl/α,β-unsaturated/α-hetero) is 2. The van der Waals surface area contributed by atoms with Crippen molar-refractivity contribution >= 4 is 11.6 Å². The molecule has 3 aliphatic rings. The SMILES string of the molecule is CC(C)=CCC/C(C)=C/CC/C(C)=C/CC/C(C)=C/CC/C(C)=C/CC/C(C)=C/CC/C(C)=C/CC12C(=O)c3ccccc3C(=O)C1(C)C1C=CC2C1. The zero-order valence-electron chi connectivity index (χ0n) is 34.9. The maximum Gasteiger partial charge on any atom is 0.171 e. The summed E-state index contributed by atoms with van der Waals surface area (Å²) in [5.41, 5.74) is 10.1. The van der Waals surface area contributed by atoms with E-state index >= 15 is 0 Å². The number of benzene rings is 1. The minimum absolute atomic E-state index is 0.136. The van der Waals surface area contributed by atoms with E-state index in [-0.39, 0.29) is 23.4 Å².